The minimum atomic E-state index is -0.393. The van der Waals surface area contributed by atoms with Gasteiger partial charge in [0, 0.05) is 18.1 Å². The Balaban J connectivity index is 2.26. The van der Waals surface area contributed by atoms with Gasteiger partial charge < -0.3 is 5.11 Å². The summed E-state index contributed by atoms with van der Waals surface area (Å²) in [5, 5.41) is 14.1. The number of aryl methyl sites for hydroxylation is 1. The van der Waals surface area contributed by atoms with E-state index in [9.17, 15) is 5.11 Å². The Bertz CT molecular complexity index is 496. The molecule has 1 atom stereocenters. The second kappa shape index (κ2) is 5.38. The lowest BCUT2D eigenvalue weighted by molar-refractivity contribution is 0.171. The van der Waals surface area contributed by atoms with E-state index in [1.165, 1.54) is 0 Å². The van der Waals surface area contributed by atoms with Crippen LogP contribution in [0.3, 0.4) is 0 Å². The van der Waals surface area contributed by atoms with Crippen molar-refractivity contribution in [1.29, 1.82) is 0 Å². The zero-order valence-electron chi connectivity index (χ0n) is 10.00. The van der Waals surface area contributed by atoms with E-state index in [0.717, 1.165) is 21.8 Å². The van der Waals surface area contributed by atoms with Crippen LogP contribution in [0.25, 0.3) is 0 Å². The Morgan fingerprint density at radius 3 is 2.82 bits per heavy atom. The molecule has 2 rings (SSSR count). The minimum absolute atomic E-state index is 0.393. The summed E-state index contributed by atoms with van der Waals surface area (Å²) in [6.07, 6.45) is 4.14. The van der Waals surface area contributed by atoms with Gasteiger partial charge in [-0.1, -0.05) is 36.9 Å². The third-order valence-corrected chi connectivity index (χ3v) is 3.61. The van der Waals surface area contributed by atoms with Crippen molar-refractivity contribution in [1.82, 2.24) is 9.78 Å². The fourth-order valence-electron chi connectivity index (χ4n) is 1.65. The smallest absolute Gasteiger partial charge is 0.0798 e. The second-order valence-corrected chi connectivity index (χ2v) is 5.03. The molecule has 0 bridgehead atoms. The van der Waals surface area contributed by atoms with Crippen molar-refractivity contribution < 1.29 is 5.11 Å². The molecule has 90 valence electrons. The number of aliphatic hydroxyl groups excluding tert-OH is 1. The van der Waals surface area contributed by atoms with Gasteiger partial charge in [0.05, 0.1) is 17.2 Å². The van der Waals surface area contributed by atoms with Crippen LogP contribution in [-0.2, 0) is 7.05 Å². The van der Waals surface area contributed by atoms with E-state index in [2.05, 4.69) is 5.10 Å². The molecule has 0 aliphatic rings. The summed E-state index contributed by atoms with van der Waals surface area (Å²) in [5.74, 6) is 0. The molecule has 0 saturated carbocycles. The van der Waals surface area contributed by atoms with E-state index in [-0.39, 0.29) is 0 Å². The molecule has 1 N–H and O–H groups in total. The molecule has 1 aromatic heterocycles. The standard InChI is InChI=1S/C13H16N2OS/c1-3-12(16)11-6-4-5-7-13(11)17-10-8-14-15(2)9-10/h4-9,12,16H,3H2,1-2H3/t12-/m1/s1. The highest BCUT2D eigenvalue weighted by Crippen LogP contribution is 2.33. The average Bonchev–Trinajstić information content (AvgIpc) is 2.74. The summed E-state index contributed by atoms with van der Waals surface area (Å²) in [6.45, 7) is 1.98. The monoisotopic (exact) mass is 248 g/mol. The topological polar surface area (TPSA) is 38.1 Å². The van der Waals surface area contributed by atoms with Gasteiger partial charge in [-0.2, -0.15) is 5.10 Å². The van der Waals surface area contributed by atoms with Crippen molar-refractivity contribution >= 4 is 11.8 Å². The molecule has 4 heteroatoms. The molecule has 17 heavy (non-hydrogen) atoms. The lowest BCUT2D eigenvalue weighted by Gasteiger charge is -2.12. The maximum atomic E-state index is 9.96. The van der Waals surface area contributed by atoms with E-state index in [1.807, 2.05) is 50.6 Å². The van der Waals surface area contributed by atoms with E-state index in [4.69, 9.17) is 0 Å². The number of hydrogen-bond donors (Lipinski definition) is 1. The van der Waals surface area contributed by atoms with Gasteiger partial charge in [-0.05, 0) is 18.1 Å². The fourth-order valence-corrected chi connectivity index (χ4v) is 2.67. The molecule has 0 aliphatic carbocycles. The summed E-state index contributed by atoms with van der Waals surface area (Å²) in [7, 11) is 1.90. The first-order valence-corrected chi connectivity index (χ1v) is 6.46. The fraction of sp³-hybridized carbons (Fsp3) is 0.308. The molecule has 0 amide bonds. The molecular weight excluding hydrogens is 232 g/mol. The Kier molecular flexibility index (Phi) is 3.86. The molecule has 0 radical (unpaired) electrons. The molecular formula is C13H16N2OS. The van der Waals surface area contributed by atoms with Crippen molar-refractivity contribution in [3.05, 3.63) is 42.2 Å². The molecule has 0 unspecified atom stereocenters. The number of hydrogen-bond acceptors (Lipinski definition) is 3. The van der Waals surface area contributed by atoms with Crippen LogP contribution in [0, 0.1) is 0 Å². The lowest BCUT2D eigenvalue weighted by atomic mass is 10.1. The van der Waals surface area contributed by atoms with Crippen molar-refractivity contribution in [2.75, 3.05) is 0 Å². The number of rotatable bonds is 4. The molecule has 0 saturated heterocycles. The highest BCUT2D eigenvalue weighted by atomic mass is 32.2. The number of benzene rings is 1. The van der Waals surface area contributed by atoms with Gasteiger partial charge in [-0.15, -0.1) is 0 Å². The first kappa shape index (κ1) is 12.2. The van der Waals surface area contributed by atoms with Crippen LogP contribution in [0.5, 0.6) is 0 Å². The van der Waals surface area contributed by atoms with Crippen LogP contribution in [0.4, 0.5) is 0 Å². The lowest BCUT2D eigenvalue weighted by Crippen LogP contribution is -1.96. The second-order valence-electron chi connectivity index (χ2n) is 3.91. The van der Waals surface area contributed by atoms with Gasteiger partial charge >= 0.3 is 0 Å². The van der Waals surface area contributed by atoms with Crippen LogP contribution in [0.1, 0.15) is 25.0 Å². The van der Waals surface area contributed by atoms with Gasteiger partial charge in [-0.25, -0.2) is 0 Å². The molecule has 3 nitrogen and oxygen atoms in total. The van der Waals surface area contributed by atoms with Crippen LogP contribution in [-0.4, -0.2) is 14.9 Å². The van der Waals surface area contributed by atoms with Gasteiger partial charge in [0.2, 0.25) is 0 Å². The summed E-state index contributed by atoms with van der Waals surface area (Å²) < 4.78 is 1.78. The maximum absolute atomic E-state index is 9.96. The first-order valence-electron chi connectivity index (χ1n) is 5.64. The predicted molar refractivity (Wildman–Crippen MR) is 69.0 cm³/mol. The number of nitrogens with zero attached hydrogens (tertiary/aromatic N) is 2. The van der Waals surface area contributed by atoms with Gasteiger partial charge in [0.15, 0.2) is 0 Å². The van der Waals surface area contributed by atoms with Crippen LogP contribution in [0.15, 0.2) is 46.5 Å². The van der Waals surface area contributed by atoms with Gasteiger partial charge in [0.1, 0.15) is 0 Å². The third kappa shape index (κ3) is 2.90. The highest BCUT2D eigenvalue weighted by molar-refractivity contribution is 7.99. The largest absolute Gasteiger partial charge is 0.388 e. The third-order valence-electron chi connectivity index (χ3n) is 2.57. The van der Waals surface area contributed by atoms with E-state index < -0.39 is 6.10 Å². The Morgan fingerprint density at radius 1 is 1.41 bits per heavy atom. The summed E-state index contributed by atoms with van der Waals surface area (Å²) in [4.78, 5) is 2.18. The molecule has 0 spiro atoms. The van der Waals surface area contributed by atoms with Crippen LogP contribution < -0.4 is 0 Å². The van der Waals surface area contributed by atoms with E-state index in [1.54, 1.807) is 16.4 Å². The Hall–Kier alpha value is -1.26. The van der Waals surface area contributed by atoms with Crippen LogP contribution >= 0.6 is 11.8 Å². The summed E-state index contributed by atoms with van der Waals surface area (Å²) in [6, 6.07) is 7.96. The highest BCUT2D eigenvalue weighted by Gasteiger charge is 2.11. The maximum Gasteiger partial charge on any atom is 0.0798 e. The molecule has 2 aromatic rings. The predicted octanol–water partition coefficient (Wildman–Crippen LogP) is 3.01. The minimum Gasteiger partial charge on any atom is -0.388 e. The summed E-state index contributed by atoms with van der Waals surface area (Å²) >= 11 is 1.64. The van der Waals surface area contributed by atoms with Crippen molar-refractivity contribution in [3.8, 4) is 0 Å². The first-order chi connectivity index (χ1) is 8.20. The molecule has 1 aromatic carbocycles. The zero-order valence-corrected chi connectivity index (χ0v) is 10.8. The van der Waals surface area contributed by atoms with Crippen LogP contribution in [0.2, 0.25) is 0 Å². The van der Waals surface area contributed by atoms with Crippen molar-refractivity contribution in [2.24, 2.45) is 7.05 Å². The summed E-state index contributed by atoms with van der Waals surface area (Å²) in [5.41, 5.74) is 0.990. The molecule has 0 aliphatic heterocycles. The molecule has 0 fully saturated rings. The van der Waals surface area contributed by atoms with Gasteiger partial charge in [-0.3, -0.25) is 4.68 Å². The van der Waals surface area contributed by atoms with E-state index >= 15 is 0 Å². The normalized spacial score (nSPS) is 12.6. The number of aromatic nitrogens is 2. The van der Waals surface area contributed by atoms with Crippen molar-refractivity contribution in [2.45, 2.75) is 29.2 Å². The average molecular weight is 248 g/mol. The SMILES string of the molecule is CC[C@@H](O)c1ccccc1Sc1cnn(C)c1. The van der Waals surface area contributed by atoms with Crippen molar-refractivity contribution in [3.63, 3.8) is 0 Å². The number of aliphatic hydroxyl groups is 1. The van der Waals surface area contributed by atoms with Gasteiger partial charge in [0.25, 0.3) is 0 Å². The van der Waals surface area contributed by atoms with E-state index in [0.29, 0.717) is 0 Å². The Labute approximate surface area is 105 Å². The zero-order chi connectivity index (χ0) is 12.3. The molecule has 1 heterocycles. The quantitative estimate of drug-likeness (QED) is 0.904. The Morgan fingerprint density at radius 2 is 2.18 bits per heavy atom.